The summed E-state index contributed by atoms with van der Waals surface area (Å²) in [4.78, 5) is 25.9. The smallest absolute Gasteiger partial charge is 0.253 e. The first kappa shape index (κ1) is 21.9. The summed E-state index contributed by atoms with van der Waals surface area (Å²) in [5, 5.41) is 1.13. The predicted octanol–water partition coefficient (Wildman–Crippen LogP) is 5.28. The molecule has 156 valence electrons. The van der Waals surface area contributed by atoms with E-state index in [1.54, 1.807) is 11.8 Å². The van der Waals surface area contributed by atoms with Gasteiger partial charge in [0, 0.05) is 43.6 Å². The predicted molar refractivity (Wildman–Crippen MR) is 121 cm³/mol. The Balaban J connectivity index is 1.69. The largest absolute Gasteiger partial charge is 0.356 e. The number of hydrogen-bond donors (Lipinski definition) is 0. The van der Waals surface area contributed by atoms with Gasteiger partial charge in [0.1, 0.15) is 11.0 Å². The number of hydrogen-bond acceptors (Lipinski definition) is 5. The van der Waals surface area contributed by atoms with Crippen molar-refractivity contribution in [1.29, 1.82) is 0 Å². The van der Waals surface area contributed by atoms with Crippen LogP contribution in [0.2, 0.25) is 5.15 Å². The van der Waals surface area contributed by atoms with Crippen LogP contribution in [0.1, 0.15) is 55.5 Å². The molecule has 0 spiro atoms. The second kappa shape index (κ2) is 10.8. The highest BCUT2D eigenvalue weighted by molar-refractivity contribution is 7.98. The van der Waals surface area contributed by atoms with Crippen molar-refractivity contribution in [3.05, 3.63) is 46.6 Å². The fourth-order valence-electron chi connectivity index (χ4n) is 3.54. The van der Waals surface area contributed by atoms with E-state index in [1.807, 2.05) is 35.2 Å². The van der Waals surface area contributed by atoms with Crippen LogP contribution in [-0.2, 0) is 5.75 Å². The molecule has 1 aromatic heterocycles. The highest BCUT2D eigenvalue weighted by Crippen LogP contribution is 2.25. The highest BCUT2D eigenvalue weighted by Gasteiger charge is 2.19. The molecule has 5 nitrogen and oxygen atoms in total. The summed E-state index contributed by atoms with van der Waals surface area (Å²) in [5.74, 6) is 1.71. The SMILES string of the molecule is CCCN(CCC)c1cc(Cl)nc(SCc2cccc(C(=O)N3CCCC3)c2)n1. The number of amides is 1. The zero-order valence-electron chi connectivity index (χ0n) is 17.2. The zero-order chi connectivity index (χ0) is 20.6. The molecule has 0 unspecified atom stereocenters. The van der Waals surface area contributed by atoms with Crippen LogP contribution in [0.15, 0.2) is 35.5 Å². The van der Waals surface area contributed by atoms with E-state index in [-0.39, 0.29) is 5.91 Å². The van der Waals surface area contributed by atoms with Crippen molar-refractivity contribution in [3.8, 4) is 0 Å². The molecule has 0 bridgehead atoms. The van der Waals surface area contributed by atoms with Gasteiger partial charge in [-0.3, -0.25) is 4.79 Å². The molecule has 3 rings (SSSR count). The molecule has 0 atom stereocenters. The Kier molecular flexibility index (Phi) is 8.19. The summed E-state index contributed by atoms with van der Waals surface area (Å²) in [7, 11) is 0. The number of rotatable bonds is 9. The zero-order valence-corrected chi connectivity index (χ0v) is 18.8. The standard InChI is InChI=1S/C22H29ClN4OS/c1-3-10-26(11-4-2)20-15-19(23)24-22(25-20)29-16-17-8-7-9-18(14-17)21(28)27-12-5-6-13-27/h7-9,14-15H,3-6,10-13,16H2,1-2H3. The minimum absolute atomic E-state index is 0.130. The molecule has 1 aliphatic heterocycles. The molecule has 0 radical (unpaired) electrons. The van der Waals surface area contributed by atoms with Crippen molar-refractivity contribution in [3.63, 3.8) is 0 Å². The Labute approximate surface area is 182 Å². The Morgan fingerprint density at radius 2 is 1.86 bits per heavy atom. The van der Waals surface area contributed by atoms with E-state index in [4.69, 9.17) is 16.6 Å². The van der Waals surface area contributed by atoms with Crippen LogP contribution in [0.5, 0.6) is 0 Å². The van der Waals surface area contributed by atoms with E-state index in [0.29, 0.717) is 16.1 Å². The van der Waals surface area contributed by atoms with Crippen LogP contribution in [0.4, 0.5) is 5.82 Å². The third kappa shape index (κ3) is 6.09. The number of aromatic nitrogens is 2. The van der Waals surface area contributed by atoms with Crippen molar-refractivity contribution < 1.29 is 4.79 Å². The van der Waals surface area contributed by atoms with Gasteiger partial charge in [-0.2, -0.15) is 0 Å². The van der Waals surface area contributed by atoms with E-state index in [9.17, 15) is 4.79 Å². The number of nitrogens with zero attached hydrogens (tertiary/aromatic N) is 4. The second-order valence-corrected chi connectivity index (χ2v) is 8.64. The fraction of sp³-hybridized carbons (Fsp3) is 0.500. The molecule has 0 saturated carbocycles. The lowest BCUT2D eigenvalue weighted by Gasteiger charge is -2.22. The topological polar surface area (TPSA) is 49.3 Å². The summed E-state index contributed by atoms with van der Waals surface area (Å²) < 4.78 is 0. The van der Waals surface area contributed by atoms with Gasteiger partial charge in [-0.25, -0.2) is 9.97 Å². The van der Waals surface area contributed by atoms with E-state index in [2.05, 4.69) is 23.7 Å². The van der Waals surface area contributed by atoms with Crippen LogP contribution in [0.25, 0.3) is 0 Å². The van der Waals surface area contributed by atoms with Gasteiger partial charge in [0.25, 0.3) is 5.91 Å². The monoisotopic (exact) mass is 432 g/mol. The maximum absolute atomic E-state index is 12.6. The minimum Gasteiger partial charge on any atom is -0.356 e. The summed E-state index contributed by atoms with van der Waals surface area (Å²) in [5.41, 5.74) is 1.85. The van der Waals surface area contributed by atoms with Gasteiger partial charge in [0.15, 0.2) is 5.16 Å². The molecule has 29 heavy (non-hydrogen) atoms. The number of halogens is 1. The lowest BCUT2D eigenvalue weighted by Crippen LogP contribution is -2.27. The Hall–Kier alpha value is -1.79. The number of thioether (sulfide) groups is 1. The highest BCUT2D eigenvalue weighted by atomic mass is 35.5. The molecule has 2 heterocycles. The van der Waals surface area contributed by atoms with Gasteiger partial charge in [-0.1, -0.05) is 49.3 Å². The molecule has 7 heteroatoms. The van der Waals surface area contributed by atoms with E-state index in [0.717, 1.165) is 68.8 Å². The van der Waals surface area contributed by atoms with Crippen LogP contribution >= 0.6 is 23.4 Å². The number of carbonyl (C=O) groups excluding carboxylic acids is 1. The molecule has 1 aromatic carbocycles. The van der Waals surface area contributed by atoms with Crippen LogP contribution in [0.3, 0.4) is 0 Å². The summed E-state index contributed by atoms with van der Waals surface area (Å²) >= 11 is 7.82. The Morgan fingerprint density at radius 3 is 2.55 bits per heavy atom. The lowest BCUT2D eigenvalue weighted by atomic mass is 10.1. The van der Waals surface area contributed by atoms with Crippen molar-refractivity contribution in [2.75, 3.05) is 31.1 Å². The number of anilines is 1. The molecule has 1 aliphatic rings. The molecule has 1 saturated heterocycles. The van der Waals surface area contributed by atoms with Gasteiger partial charge in [-0.15, -0.1) is 0 Å². The normalized spacial score (nSPS) is 13.7. The number of benzene rings is 1. The first-order chi connectivity index (χ1) is 14.1. The van der Waals surface area contributed by atoms with Gasteiger partial charge in [0.2, 0.25) is 0 Å². The maximum atomic E-state index is 12.6. The average molecular weight is 433 g/mol. The lowest BCUT2D eigenvalue weighted by molar-refractivity contribution is 0.0792. The maximum Gasteiger partial charge on any atom is 0.253 e. The van der Waals surface area contributed by atoms with E-state index < -0.39 is 0 Å². The summed E-state index contributed by atoms with van der Waals surface area (Å²) in [6.45, 7) is 7.96. The molecule has 1 amide bonds. The Morgan fingerprint density at radius 1 is 1.14 bits per heavy atom. The van der Waals surface area contributed by atoms with Crippen molar-refractivity contribution in [1.82, 2.24) is 14.9 Å². The van der Waals surface area contributed by atoms with Gasteiger partial charge in [0.05, 0.1) is 0 Å². The molecular formula is C22H29ClN4OS. The molecule has 0 aliphatic carbocycles. The van der Waals surface area contributed by atoms with Crippen LogP contribution in [-0.4, -0.2) is 47.0 Å². The molecule has 1 fully saturated rings. The molecular weight excluding hydrogens is 404 g/mol. The first-order valence-electron chi connectivity index (χ1n) is 10.4. The second-order valence-electron chi connectivity index (χ2n) is 7.31. The number of likely N-dealkylation sites (tertiary alicyclic amines) is 1. The summed E-state index contributed by atoms with van der Waals surface area (Å²) in [6, 6.07) is 9.72. The molecule has 0 N–H and O–H groups in total. The van der Waals surface area contributed by atoms with Gasteiger partial charge in [-0.05, 0) is 43.4 Å². The Bertz CT molecular complexity index is 820. The third-order valence-electron chi connectivity index (χ3n) is 4.91. The minimum atomic E-state index is 0.130. The van der Waals surface area contributed by atoms with E-state index >= 15 is 0 Å². The first-order valence-corrected chi connectivity index (χ1v) is 11.8. The molecule has 2 aromatic rings. The van der Waals surface area contributed by atoms with Crippen LogP contribution < -0.4 is 4.90 Å². The van der Waals surface area contributed by atoms with Crippen molar-refractivity contribution >= 4 is 35.1 Å². The van der Waals surface area contributed by atoms with E-state index in [1.165, 1.54) is 0 Å². The van der Waals surface area contributed by atoms with Gasteiger partial charge < -0.3 is 9.80 Å². The fourth-order valence-corrected chi connectivity index (χ4v) is 4.56. The van der Waals surface area contributed by atoms with Crippen molar-refractivity contribution in [2.24, 2.45) is 0 Å². The van der Waals surface area contributed by atoms with Crippen molar-refractivity contribution in [2.45, 2.75) is 50.4 Å². The van der Waals surface area contributed by atoms with Crippen LogP contribution in [0, 0.1) is 0 Å². The number of carbonyl (C=O) groups is 1. The average Bonchev–Trinajstić information content (AvgIpc) is 3.26. The van der Waals surface area contributed by atoms with Gasteiger partial charge >= 0.3 is 0 Å². The quantitative estimate of drug-likeness (QED) is 0.306. The third-order valence-corrected chi connectivity index (χ3v) is 6.02. The summed E-state index contributed by atoms with van der Waals surface area (Å²) in [6.07, 6.45) is 4.31.